The van der Waals surface area contributed by atoms with Crippen LogP contribution in [0.4, 0.5) is 11.4 Å². The zero-order valence-corrected chi connectivity index (χ0v) is 15.9. The minimum Gasteiger partial charge on any atom is -0.481 e. The fourth-order valence-electron chi connectivity index (χ4n) is 2.55. The van der Waals surface area contributed by atoms with E-state index in [1.807, 2.05) is 25.1 Å². The van der Waals surface area contributed by atoms with E-state index in [0.717, 1.165) is 16.9 Å². The van der Waals surface area contributed by atoms with E-state index in [1.165, 1.54) is 6.92 Å². The van der Waals surface area contributed by atoms with Crippen LogP contribution in [0.2, 0.25) is 0 Å². The number of rotatable bonds is 6. The predicted molar refractivity (Wildman–Crippen MR) is 105 cm³/mol. The Hall–Kier alpha value is -2.82. The number of hydrogen-bond donors (Lipinski definition) is 2. The Morgan fingerprint density at radius 1 is 0.923 bits per heavy atom. The number of nitrogens with one attached hydrogen (secondary N) is 2. The van der Waals surface area contributed by atoms with Gasteiger partial charge in [-0.3, -0.25) is 9.59 Å². The quantitative estimate of drug-likeness (QED) is 0.803. The molecule has 2 aromatic rings. The van der Waals surface area contributed by atoms with E-state index in [0.29, 0.717) is 17.3 Å². The molecule has 0 aromatic heterocycles. The summed E-state index contributed by atoms with van der Waals surface area (Å²) < 4.78 is 5.93. The van der Waals surface area contributed by atoms with Gasteiger partial charge in [-0.05, 0) is 61.2 Å². The zero-order chi connectivity index (χ0) is 19.3. The molecule has 0 bridgehead atoms. The summed E-state index contributed by atoms with van der Waals surface area (Å²) in [6, 6.07) is 13.0. The molecule has 0 radical (unpaired) electrons. The molecule has 138 valence electrons. The average Bonchev–Trinajstić information content (AvgIpc) is 2.55. The van der Waals surface area contributed by atoms with Crippen molar-refractivity contribution in [3.8, 4) is 5.75 Å². The Bertz CT molecular complexity index is 782. The van der Waals surface area contributed by atoms with Crippen LogP contribution in [0, 0.1) is 6.92 Å². The van der Waals surface area contributed by atoms with E-state index < -0.39 is 6.10 Å². The third-order valence-electron chi connectivity index (χ3n) is 3.94. The Morgan fingerprint density at radius 3 is 2.04 bits per heavy atom. The lowest BCUT2D eigenvalue weighted by molar-refractivity contribution is -0.122. The molecule has 2 aromatic carbocycles. The molecule has 0 spiro atoms. The van der Waals surface area contributed by atoms with Crippen molar-refractivity contribution < 1.29 is 14.3 Å². The topological polar surface area (TPSA) is 67.4 Å². The summed E-state index contributed by atoms with van der Waals surface area (Å²) in [4.78, 5) is 23.5. The van der Waals surface area contributed by atoms with Crippen molar-refractivity contribution in [3.05, 3.63) is 53.6 Å². The monoisotopic (exact) mass is 354 g/mol. The highest BCUT2D eigenvalue weighted by Crippen LogP contribution is 2.28. The van der Waals surface area contributed by atoms with Crippen LogP contribution in [0.25, 0.3) is 0 Å². The second-order valence-electron chi connectivity index (χ2n) is 6.70. The lowest BCUT2D eigenvalue weighted by atomic mass is 10.0. The fourth-order valence-corrected chi connectivity index (χ4v) is 2.55. The van der Waals surface area contributed by atoms with Gasteiger partial charge < -0.3 is 15.4 Å². The number of amides is 2. The van der Waals surface area contributed by atoms with E-state index in [9.17, 15) is 9.59 Å². The lowest BCUT2D eigenvalue weighted by Crippen LogP contribution is -2.30. The van der Waals surface area contributed by atoms with E-state index in [2.05, 4.69) is 24.5 Å². The maximum absolute atomic E-state index is 12.4. The van der Waals surface area contributed by atoms with Crippen molar-refractivity contribution in [3.63, 3.8) is 0 Å². The maximum Gasteiger partial charge on any atom is 0.265 e. The minimum absolute atomic E-state index is 0.136. The molecule has 5 nitrogen and oxygen atoms in total. The van der Waals surface area contributed by atoms with Gasteiger partial charge in [0.1, 0.15) is 5.75 Å². The fraction of sp³-hybridized carbons (Fsp3) is 0.333. The lowest BCUT2D eigenvalue weighted by Gasteiger charge is -2.19. The number of carbonyl (C=O) groups excluding carboxylic acids is 2. The highest BCUT2D eigenvalue weighted by atomic mass is 16.5. The van der Waals surface area contributed by atoms with Gasteiger partial charge in [0.05, 0.1) is 0 Å². The van der Waals surface area contributed by atoms with E-state index in [1.54, 1.807) is 31.2 Å². The molecular formula is C21H26N2O3. The van der Waals surface area contributed by atoms with Gasteiger partial charge in [-0.15, -0.1) is 0 Å². The summed E-state index contributed by atoms with van der Waals surface area (Å²) >= 11 is 0. The van der Waals surface area contributed by atoms with Gasteiger partial charge in [0.15, 0.2) is 6.10 Å². The summed E-state index contributed by atoms with van der Waals surface area (Å²) in [6.45, 7) is 9.37. The minimum atomic E-state index is -0.635. The third-order valence-corrected chi connectivity index (χ3v) is 3.94. The molecular weight excluding hydrogens is 328 g/mol. The molecule has 0 unspecified atom stereocenters. The molecule has 2 rings (SSSR count). The van der Waals surface area contributed by atoms with Crippen LogP contribution >= 0.6 is 0 Å². The van der Waals surface area contributed by atoms with Crippen molar-refractivity contribution in [1.29, 1.82) is 0 Å². The van der Waals surface area contributed by atoms with Gasteiger partial charge in [-0.1, -0.05) is 26.0 Å². The van der Waals surface area contributed by atoms with Gasteiger partial charge in [0.2, 0.25) is 5.91 Å². The van der Waals surface area contributed by atoms with Crippen molar-refractivity contribution >= 4 is 23.2 Å². The largest absolute Gasteiger partial charge is 0.481 e. The SMILES string of the molecule is CC(=O)Nc1ccc(NC(=O)[C@H](C)Oc2cc(C)ccc2C(C)C)cc1. The molecule has 0 saturated carbocycles. The summed E-state index contributed by atoms with van der Waals surface area (Å²) in [5.74, 6) is 0.683. The smallest absolute Gasteiger partial charge is 0.265 e. The van der Waals surface area contributed by atoms with Crippen LogP contribution < -0.4 is 15.4 Å². The zero-order valence-electron chi connectivity index (χ0n) is 15.9. The summed E-state index contributed by atoms with van der Waals surface area (Å²) in [6.07, 6.45) is -0.635. The molecule has 0 aliphatic carbocycles. The van der Waals surface area contributed by atoms with Crippen molar-refractivity contribution in [2.45, 2.75) is 46.6 Å². The van der Waals surface area contributed by atoms with Gasteiger partial charge in [0.25, 0.3) is 5.91 Å². The molecule has 0 heterocycles. The Morgan fingerprint density at radius 2 is 1.50 bits per heavy atom. The number of aryl methyl sites for hydroxylation is 1. The summed E-state index contributed by atoms with van der Waals surface area (Å²) in [7, 11) is 0. The van der Waals surface area contributed by atoms with Crippen LogP contribution in [-0.4, -0.2) is 17.9 Å². The Labute approximate surface area is 154 Å². The van der Waals surface area contributed by atoms with Crippen LogP contribution in [0.15, 0.2) is 42.5 Å². The molecule has 26 heavy (non-hydrogen) atoms. The number of anilines is 2. The first-order valence-corrected chi connectivity index (χ1v) is 8.72. The number of hydrogen-bond acceptors (Lipinski definition) is 3. The molecule has 5 heteroatoms. The molecule has 0 aliphatic heterocycles. The maximum atomic E-state index is 12.4. The van der Waals surface area contributed by atoms with Gasteiger partial charge in [0, 0.05) is 18.3 Å². The van der Waals surface area contributed by atoms with Crippen LogP contribution in [0.3, 0.4) is 0 Å². The second-order valence-corrected chi connectivity index (χ2v) is 6.70. The third kappa shape index (κ3) is 5.34. The first-order valence-electron chi connectivity index (χ1n) is 8.72. The first-order chi connectivity index (χ1) is 12.3. The van der Waals surface area contributed by atoms with Crippen molar-refractivity contribution in [1.82, 2.24) is 0 Å². The predicted octanol–water partition coefficient (Wildman–Crippen LogP) is 4.48. The molecule has 1 atom stereocenters. The van der Waals surface area contributed by atoms with Crippen LogP contribution in [-0.2, 0) is 9.59 Å². The summed E-state index contributed by atoms with van der Waals surface area (Å²) in [5, 5.41) is 5.52. The van der Waals surface area contributed by atoms with Crippen LogP contribution in [0.5, 0.6) is 5.75 Å². The van der Waals surface area contributed by atoms with Gasteiger partial charge in [-0.25, -0.2) is 0 Å². The first kappa shape index (κ1) is 19.5. The molecule has 2 amide bonds. The number of ether oxygens (including phenoxy) is 1. The van der Waals surface area contributed by atoms with Crippen molar-refractivity contribution in [2.75, 3.05) is 10.6 Å². The Balaban J connectivity index is 2.04. The number of benzene rings is 2. The van der Waals surface area contributed by atoms with Gasteiger partial charge >= 0.3 is 0 Å². The van der Waals surface area contributed by atoms with E-state index in [-0.39, 0.29) is 11.8 Å². The normalized spacial score (nSPS) is 11.8. The Kier molecular flexibility index (Phi) is 6.39. The molecule has 0 aliphatic rings. The molecule has 0 saturated heterocycles. The van der Waals surface area contributed by atoms with Crippen molar-refractivity contribution in [2.24, 2.45) is 0 Å². The molecule has 2 N–H and O–H groups in total. The van der Waals surface area contributed by atoms with E-state index in [4.69, 9.17) is 4.74 Å². The highest BCUT2D eigenvalue weighted by molar-refractivity contribution is 5.94. The standard InChI is InChI=1S/C21H26N2O3/c1-13(2)19-11-6-14(3)12-20(19)26-15(4)21(25)23-18-9-7-17(8-10-18)22-16(5)24/h6-13,15H,1-5H3,(H,22,24)(H,23,25)/t15-/m0/s1. The average molecular weight is 354 g/mol. The number of carbonyl (C=O) groups is 2. The molecule has 0 fully saturated rings. The van der Waals surface area contributed by atoms with Crippen LogP contribution in [0.1, 0.15) is 44.7 Å². The van der Waals surface area contributed by atoms with Gasteiger partial charge in [-0.2, -0.15) is 0 Å². The highest BCUT2D eigenvalue weighted by Gasteiger charge is 2.18. The second kappa shape index (κ2) is 8.52. The summed E-state index contributed by atoms with van der Waals surface area (Å²) in [5.41, 5.74) is 3.49. The van der Waals surface area contributed by atoms with E-state index >= 15 is 0 Å².